The van der Waals surface area contributed by atoms with Gasteiger partial charge in [0, 0.05) is 11.8 Å². The average molecular weight is 275 g/mol. The molecule has 0 aliphatic carbocycles. The normalized spacial score (nSPS) is 10.2. The van der Waals surface area contributed by atoms with Crippen LogP contribution in [0.5, 0.6) is 5.75 Å². The predicted molar refractivity (Wildman–Crippen MR) is 70.3 cm³/mol. The van der Waals surface area contributed by atoms with Crippen molar-refractivity contribution in [3.63, 3.8) is 0 Å². The van der Waals surface area contributed by atoms with Gasteiger partial charge in [0.2, 0.25) is 5.91 Å². The molecule has 7 heteroatoms. The minimum absolute atomic E-state index is 0.0246. The fourth-order valence-corrected chi connectivity index (χ4v) is 1.69. The summed E-state index contributed by atoms with van der Waals surface area (Å²) in [7, 11) is 0. The van der Waals surface area contributed by atoms with Crippen molar-refractivity contribution in [3.05, 3.63) is 42.2 Å². The Morgan fingerprint density at radius 2 is 2.05 bits per heavy atom. The van der Waals surface area contributed by atoms with Gasteiger partial charge in [0.15, 0.2) is 0 Å². The third kappa shape index (κ3) is 3.58. The molecule has 1 aromatic heterocycles. The summed E-state index contributed by atoms with van der Waals surface area (Å²) in [5.74, 6) is -1.27. The summed E-state index contributed by atoms with van der Waals surface area (Å²) in [5.41, 5.74) is 0.926. The van der Waals surface area contributed by atoms with E-state index in [1.165, 1.54) is 23.1 Å². The maximum Gasteiger partial charge on any atom is 0.325 e. The fourth-order valence-electron chi connectivity index (χ4n) is 1.69. The van der Waals surface area contributed by atoms with Crippen LogP contribution in [0.2, 0.25) is 0 Å². The number of phenols is 1. The zero-order valence-electron chi connectivity index (χ0n) is 10.5. The number of anilines is 1. The van der Waals surface area contributed by atoms with Crippen molar-refractivity contribution in [3.8, 4) is 5.75 Å². The van der Waals surface area contributed by atoms with Crippen LogP contribution in [-0.4, -0.2) is 31.9 Å². The molecule has 0 spiro atoms. The molecular formula is C13H13N3O4. The van der Waals surface area contributed by atoms with E-state index >= 15 is 0 Å². The van der Waals surface area contributed by atoms with Gasteiger partial charge in [-0.05, 0) is 6.07 Å². The predicted octanol–water partition coefficient (Wildman–Crippen LogP) is 0.854. The van der Waals surface area contributed by atoms with Crippen molar-refractivity contribution in [2.75, 3.05) is 5.32 Å². The molecule has 20 heavy (non-hydrogen) atoms. The third-order valence-corrected chi connectivity index (χ3v) is 2.56. The van der Waals surface area contributed by atoms with E-state index in [2.05, 4.69) is 10.4 Å². The quantitative estimate of drug-likeness (QED) is 0.750. The van der Waals surface area contributed by atoms with Crippen LogP contribution in [0.15, 0.2) is 36.7 Å². The van der Waals surface area contributed by atoms with E-state index in [-0.39, 0.29) is 24.6 Å². The number of para-hydroxylation sites is 1. The lowest BCUT2D eigenvalue weighted by Gasteiger charge is -2.04. The Labute approximate surface area is 114 Å². The molecule has 3 N–H and O–H groups in total. The van der Waals surface area contributed by atoms with Crippen molar-refractivity contribution >= 4 is 17.6 Å². The maximum absolute atomic E-state index is 11.8. The summed E-state index contributed by atoms with van der Waals surface area (Å²) in [6.45, 7) is -0.269. The molecule has 1 heterocycles. The minimum atomic E-state index is -1.01. The van der Waals surface area contributed by atoms with Crippen LogP contribution in [0.25, 0.3) is 0 Å². The lowest BCUT2D eigenvalue weighted by Crippen LogP contribution is -2.14. The molecule has 0 saturated heterocycles. The number of hydrogen-bond donors (Lipinski definition) is 3. The highest BCUT2D eigenvalue weighted by molar-refractivity contribution is 5.92. The highest BCUT2D eigenvalue weighted by Gasteiger charge is 2.09. The minimum Gasteiger partial charge on any atom is -0.508 e. The van der Waals surface area contributed by atoms with Gasteiger partial charge < -0.3 is 15.5 Å². The molecule has 0 fully saturated rings. The van der Waals surface area contributed by atoms with E-state index < -0.39 is 5.97 Å². The second kappa shape index (κ2) is 5.87. The van der Waals surface area contributed by atoms with Crippen molar-refractivity contribution in [2.24, 2.45) is 0 Å². The van der Waals surface area contributed by atoms with Gasteiger partial charge in [-0.1, -0.05) is 18.2 Å². The van der Waals surface area contributed by atoms with Gasteiger partial charge in [0.05, 0.1) is 18.3 Å². The van der Waals surface area contributed by atoms with Crippen molar-refractivity contribution < 1.29 is 19.8 Å². The first kappa shape index (κ1) is 13.6. The number of aromatic hydroxyl groups is 1. The Balaban J connectivity index is 1.96. The van der Waals surface area contributed by atoms with Gasteiger partial charge in [0.25, 0.3) is 0 Å². The molecule has 7 nitrogen and oxygen atoms in total. The smallest absolute Gasteiger partial charge is 0.325 e. The first-order chi connectivity index (χ1) is 9.54. The van der Waals surface area contributed by atoms with Gasteiger partial charge in [-0.3, -0.25) is 14.3 Å². The number of carboxylic acids is 1. The Bertz CT molecular complexity index is 636. The number of phenolic OH excluding ortho intramolecular Hbond substituents is 1. The molecule has 104 valence electrons. The lowest BCUT2D eigenvalue weighted by atomic mass is 10.1. The largest absolute Gasteiger partial charge is 0.508 e. The Morgan fingerprint density at radius 1 is 1.30 bits per heavy atom. The first-order valence-corrected chi connectivity index (χ1v) is 5.85. The van der Waals surface area contributed by atoms with E-state index in [4.69, 9.17) is 5.11 Å². The SMILES string of the molecule is O=C(O)Cn1cc(NC(=O)Cc2ccccc2O)cn1. The highest BCUT2D eigenvalue weighted by Crippen LogP contribution is 2.16. The third-order valence-electron chi connectivity index (χ3n) is 2.56. The summed E-state index contributed by atoms with van der Waals surface area (Å²) in [4.78, 5) is 22.3. The molecular weight excluding hydrogens is 262 g/mol. The zero-order chi connectivity index (χ0) is 14.5. The van der Waals surface area contributed by atoms with Crippen molar-refractivity contribution in [1.82, 2.24) is 9.78 Å². The zero-order valence-corrected chi connectivity index (χ0v) is 10.5. The molecule has 0 saturated carbocycles. The molecule has 2 aromatic rings. The number of carbonyl (C=O) groups excluding carboxylic acids is 1. The molecule has 0 radical (unpaired) electrons. The van der Waals surface area contributed by atoms with Gasteiger partial charge >= 0.3 is 5.97 Å². The van der Waals surface area contributed by atoms with Crippen molar-refractivity contribution in [1.29, 1.82) is 0 Å². The lowest BCUT2D eigenvalue weighted by molar-refractivity contribution is -0.137. The average Bonchev–Trinajstić information content (AvgIpc) is 2.78. The van der Waals surface area contributed by atoms with Crippen LogP contribution < -0.4 is 5.32 Å². The summed E-state index contributed by atoms with van der Waals surface area (Å²) in [6, 6.07) is 6.57. The molecule has 0 unspecified atom stereocenters. The second-order valence-electron chi connectivity index (χ2n) is 4.17. The number of carboxylic acid groups (broad SMARTS) is 1. The highest BCUT2D eigenvalue weighted by atomic mass is 16.4. The van der Waals surface area contributed by atoms with E-state index in [9.17, 15) is 14.7 Å². The van der Waals surface area contributed by atoms with Crippen LogP contribution >= 0.6 is 0 Å². The summed E-state index contributed by atoms with van der Waals surface area (Å²) in [6.07, 6.45) is 2.82. The van der Waals surface area contributed by atoms with Gasteiger partial charge in [-0.2, -0.15) is 5.10 Å². The Hall–Kier alpha value is -2.83. The summed E-state index contributed by atoms with van der Waals surface area (Å²) >= 11 is 0. The molecule has 1 aromatic carbocycles. The molecule has 0 bridgehead atoms. The number of benzene rings is 1. The Morgan fingerprint density at radius 3 is 2.75 bits per heavy atom. The standard InChI is InChI=1S/C13H13N3O4/c17-11-4-2-1-3-9(11)5-12(18)15-10-6-14-16(7-10)8-13(19)20/h1-4,6-7,17H,5,8H2,(H,15,18)(H,19,20). The molecule has 0 atom stereocenters. The number of amides is 1. The maximum atomic E-state index is 11.8. The fraction of sp³-hybridized carbons (Fsp3) is 0.154. The van der Waals surface area contributed by atoms with Gasteiger partial charge in [-0.25, -0.2) is 0 Å². The molecule has 0 aliphatic heterocycles. The van der Waals surface area contributed by atoms with Crippen LogP contribution in [-0.2, 0) is 22.6 Å². The number of aromatic nitrogens is 2. The van der Waals surface area contributed by atoms with E-state index in [0.29, 0.717) is 11.3 Å². The number of aliphatic carboxylic acids is 1. The number of nitrogens with one attached hydrogen (secondary N) is 1. The monoisotopic (exact) mass is 275 g/mol. The Kier molecular flexibility index (Phi) is 3.99. The molecule has 2 rings (SSSR count). The van der Waals surface area contributed by atoms with Crippen LogP contribution in [0.1, 0.15) is 5.56 Å². The van der Waals surface area contributed by atoms with Crippen LogP contribution in [0, 0.1) is 0 Å². The number of nitrogens with zero attached hydrogens (tertiary/aromatic N) is 2. The van der Waals surface area contributed by atoms with E-state index in [1.807, 2.05) is 0 Å². The van der Waals surface area contributed by atoms with Gasteiger partial charge in [0.1, 0.15) is 12.3 Å². The number of hydrogen-bond acceptors (Lipinski definition) is 4. The van der Waals surface area contributed by atoms with Gasteiger partial charge in [-0.15, -0.1) is 0 Å². The van der Waals surface area contributed by atoms with Crippen LogP contribution in [0.4, 0.5) is 5.69 Å². The van der Waals surface area contributed by atoms with E-state index in [1.54, 1.807) is 18.2 Å². The summed E-state index contributed by atoms with van der Waals surface area (Å²) in [5, 5.41) is 24.6. The number of carbonyl (C=O) groups is 2. The van der Waals surface area contributed by atoms with Crippen molar-refractivity contribution in [2.45, 2.75) is 13.0 Å². The second-order valence-corrected chi connectivity index (χ2v) is 4.17. The first-order valence-electron chi connectivity index (χ1n) is 5.85. The van der Waals surface area contributed by atoms with Crippen LogP contribution in [0.3, 0.4) is 0 Å². The summed E-state index contributed by atoms with van der Waals surface area (Å²) < 4.78 is 1.21. The molecule has 0 aliphatic rings. The number of rotatable bonds is 5. The topological polar surface area (TPSA) is 104 Å². The molecule has 1 amide bonds. The van der Waals surface area contributed by atoms with E-state index in [0.717, 1.165) is 0 Å².